The predicted molar refractivity (Wildman–Crippen MR) is 46.0 cm³/mol. The van der Waals surface area contributed by atoms with Gasteiger partial charge in [-0.15, -0.1) is 0 Å². The lowest BCUT2D eigenvalue weighted by atomic mass is 10.2. The Balaban J connectivity index is 2.64. The van der Waals surface area contributed by atoms with Gasteiger partial charge in [-0.2, -0.15) is 5.12 Å². The molecule has 0 unspecified atom stereocenters. The van der Waals surface area contributed by atoms with E-state index >= 15 is 0 Å². The van der Waals surface area contributed by atoms with Crippen LogP contribution in [0.5, 0.6) is 0 Å². The first kappa shape index (κ1) is 9.21. The molecular weight excluding hydrogens is 170 g/mol. The molecular formula is C8H9N3O2. The first-order valence-corrected chi connectivity index (χ1v) is 3.59. The Labute approximate surface area is 75.1 Å². The van der Waals surface area contributed by atoms with Gasteiger partial charge >= 0.3 is 0 Å². The monoisotopic (exact) mass is 179 g/mol. The van der Waals surface area contributed by atoms with Crippen molar-refractivity contribution in [2.45, 2.75) is 0 Å². The molecule has 0 radical (unpaired) electrons. The second kappa shape index (κ2) is 4.22. The van der Waals surface area contributed by atoms with E-state index in [1.54, 1.807) is 30.3 Å². The van der Waals surface area contributed by atoms with Crippen LogP contribution >= 0.6 is 0 Å². The number of benzene rings is 1. The number of hydrazine groups is 2. The Morgan fingerprint density at radius 2 is 2.00 bits per heavy atom. The van der Waals surface area contributed by atoms with E-state index in [2.05, 4.69) is 5.43 Å². The van der Waals surface area contributed by atoms with Gasteiger partial charge < -0.3 is 0 Å². The second-order valence-electron chi connectivity index (χ2n) is 2.32. The smallest absolute Gasteiger partial charge is 0.271 e. The number of carbonyl (C=O) groups is 2. The van der Waals surface area contributed by atoms with E-state index in [4.69, 9.17) is 5.84 Å². The fourth-order valence-electron chi connectivity index (χ4n) is 0.798. The summed E-state index contributed by atoms with van der Waals surface area (Å²) in [6, 6.07) is 8.46. The van der Waals surface area contributed by atoms with E-state index in [0.717, 1.165) is 0 Å². The van der Waals surface area contributed by atoms with Crippen LogP contribution in [0, 0.1) is 0 Å². The number of amides is 2. The van der Waals surface area contributed by atoms with Crippen LogP contribution in [-0.2, 0) is 4.79 Å². The zero-order valence-corrected chi connectivity index (χ0v) is 6.81. The lowest BCUT2D eigenvalue weighted by Crippen LogP contribution is -2.45. The molecule has 2 amide bonds. The maximum absolute atomic E-state index is 11.2. The van der Waals surface area contributed by atoms with Gasteiger partial charge in [-0.3, -0.25) is 9.59 Å². The van der Waals surface area contributed by atoms with Crippen LogP contribution < -0.4 is 11.3 Å². The van der Waals surface area contributed by atoms with Gasteiger partial charge in [-0.25, -0.2) is 11.3 Å². The van der Waals surface area contributed by atoms with Gasteiger partial charge in [0.15, 0.2) is 0 Å². The largest absolute Gasteiger partial charge is 0.275 e. The highest BCUT2D eigenvalue weighted by Gasteiger charge is 2.05. The van der Waals surface area contributed by atoms with Gasteiger partial charge in [0.05, 0.1) is 0 Å². The molecule has 68 valence electrons. The number of rotatable bonds is 3. The van der Waals surface area contributed by atoms with Crippen LogP contribution in [0.1, 0.15) is 10.4 Å². The summed E-state index contributed by atoms with van der Waals surface area (Å²) in [7, 11) is 0. The van der Waals surface area contributed by atoms with Crippen molar-refractivity contribution in [2.75, 3.05) is 0 Å². The van der Waals surface area contributed by atoms with E-state index in [9.17, 15) is 9.59 Å². The summed E-state index contributed by atoms with van der Waals surface area (Å²) < 4.78 is 0. The van der Waals surface area contributed by atoms with Crippen molar-refractivity contribution >= 4 is 12.3 Å². The first-order valence-electron chi connectivity index (χ1n) is 3.59. The maximum Gasteiger partial charge on any atom is 0.271 e. The fraction of sp³-hybridized carbons (Fsp3) is 0. The quantitative estimate of drug-likeness (QED) is 0.288. The summed E-state index contributed by atoms with van der Waals surface area (Å²) in [6.07, 6.45) is 0.306. The van der Waals surface area contributed by atoms with E-state index < -0.39 is 5.91 Å². The summed E-state index contributed by atoms with van der Waals surface area (Å²) >= 11 is 0. The molecule has 3 N–H and O–H groups in total. The van der Waals surface area contributed by atoms with Gasteiger partial charge in [0, 0.05) is 5.56 Å². The Morgan fingerprint density at radius 1 is 1.38 bits per heavy atom. The highest BCUT2D eigenvalue weighted by molar-refractivity contribution is 5.94. The highest BCUT2D eigenvalue weighted by Crippen LogP contribution is 1.96. The van der Waals surface area contributed by atoms with E-state index in [0.29, 0.717) is 17.1 Å². The first-order chi connectivity index (χ1) is 6.24. The van der Waals surface area contributed by atoms with Crippen molar-refractivity contribution in [3.8, 4) is 0 Å². The summed E-state index contributed by atoms with van der Waals surface area (Å²) in [5.41, 5.74) is 2.59. The molecule has 0 aliphatic heterocycles. The van der Waals surface area contributed by atoms with Crippen LogP contribution in [0.4, 0.5) is 0 Å². The fourth-order valence-corrected chi connectivity index (χ4v) is 0.798. The van der Waals surface area contributed by atoms with Gasteiger partial charge in [-0.1, -0.05) is 18.2 Å². The van der Waals surface area contributed by atoms with Crippen molar-refractivity contribution < 1.29 is 9.59 Å². The average Bonchev–Trinajstić information content (AvgIpc) is 2.19. The summed E-state index contributed by atoms with van der Waals surface area (Å²) in [4.78, 5) is 21.3. The number of hydrogen-bond donors (Lipinski definition) is 2. The zero-order chi connectivity index (χ0) is 9.68. The van der Waals surface area contributed by atoms with E-state index in [1.807, 2.05) is 0 Å². The zero-order valence-electron chi connectivity index (χ0n) is 6.81. The number of nitrogens with zero attached hydrogens (tertiary/aromatic N) is 1. The highest BCUT2D eigenvalue weighted by atomic mass is 16.2. The minimum absolute atomic E-state index is 0.306. The third-order valence-electron chi connectivity index (χ3n) is 1.38. The molecule has 13 heavy (non-hydrogen) atoms. The molecule has 0 saturated heterocycles. The molecule has 0 atom stereocenters. The summed E-state index contributed by atoms with van der Waals surface area (Å²) in [5.74, 6) is 4.62. The summed E-state index contributed by atoms with van der Waals surface area (Å²) in [6.45, 7) is 0. The molecule has 5 nitrogen and oxygen atoms in total. The predicted octanol–water partition coefficient (Wildman–Crippen LogP) is -0.337. The SMILES string of the molecule is NN(C=O)NC(=O)c1ccccc1. The minimum Gasteiger partial charge on any atom is -0.275 e. The second-order valence-corrected chi connectivity index (χ2v) is 2.32. The van der Waals surface area contributed by atoms with Crippen LogP contribution in [-0.4, -0.2) is 17.4 Å². The van der Waals surface area contributed by atoms with Gasteiger partial charge in [0.2, 0.25) is 6.41 Å². The Bertz CT molecular complexity index is 300. The number of nitrogens with two attached hydrogens (primary N) is 1. The van der Waals surface area contributed by atoms with Crippen molar-refractivity contribution in [1.29, 1.82) is 0 Å². The third-order valence-corrected chi connectivity index (χ3v) is 1.38. The van der Waals surface area contributed by atoms with Gasteiger partial charge in [0.1, 0.15) is 0 Å². The Kier molecular flexibility index (Phi) is 2.99. The van der Waals surface area contributed by atoms with Crippen molar-refractivity contribution in [3.63, 3.8) is 0 Å². The molecule has 1 rings (SSSR count). The minimum atomic E-state index is -0.421. The molecule has 0 aliphatic carbocycles. The van der Waals surface area contributed by atoms with Gasteiger partial charge in [-0.05, 0) is 12.1 Å². The lowest BCUT2D eigenvalue weighted by Gasteiger charge is -2.10. The molecule has 0 aromatic heterocycles. The number of hydrogen-bond acceptors (Lipinski definition) is 3. The normalized spacial score (nSPS) is 9.00. The van der Waals surface area contributed by atoms with Crippen molar-refractivity contribution in [1.82, 2.24) is 10.5 Å². The topological polar surface area (TPSA) is 75.4 Å². The molecule has 1 aromatic rings. The number of nitrogens with one attached hydrogen (secondary N) is 1. The molecule has 5 heteroatoms. The van der Waals surface area contributed by atoms with Gasteiger partial charge in [0.25, 0.3) is 5.91 Å². The van der Waals surface area contributed by atoms with E-state index in [1.165, 1.54) is 0 Å². The standard InChI is InChI=1S/C8H9N3O2/c9-11(6-12)10-8(13)7-4-2-1-3-5-7/h1-6H,9H2,(H,10,13). The maximum atomic E-state index is 11.2. The van der Waals surface area contributed by atoms with Crippen molar-refractivity contribution in [3.05, 3.63) is 35.9 Å². The van der Waals surface area contributed by atoms with Crippen LogP contribution in [0.2, 0.25) is 0 Å². The Hall–Kier alpha value is -1.88. The molecule has 0 bridgehead atoms. The lowest BCUT2D eigenvalue weighted by molar-refractivity contribution is -0.120. The molecule has 0 spiro atoms. The van der Waals surface area contributed by atoms with Crippen molar-refractivity contribution in [2.24, 2.45) is 5.84 Å². The summed E-state index contributed by atoms with van der Waals surface area (Å²) in [5, 5.41) is 0.565. The van der Waals surface area contributed by atoms with Crippen LogP contribution in [0.15, 0.2) is 30.3 Å². The molecule has 0 heterocycles. The van der Waals surface area contributed by atoms with Crippen LogP contribution in [0.25, 0.3) is 0 Å². The third kappa shape index (κ3) is 2.57. The van der Waals surface area contributed by atoms with E-state index in [-0.39, 0.29) is 0 Å². The molecule has 0 fully saturated rings. The molecule has 1 aromatic carbocycles. The van der Waals surface area contributed by atoms with Crippen LogP contribution in [0.3, 0.4) is 0 Å². The Morgan fingerprint density at radius 3 is 2.54 bits per heavy atom. The molecule has 0 aliphatic rings. The average molecular weight is 179 g/mol. The molecule has 0 saturated carbocycles. The number of carbonyl (C=O) groups excluding carboxylic acids is 2.